The molecule has 0 bridgehead atoms. The van der Waals surface area contributed by atoms with Gasteiger partial charge in [0, 0.05) is 12.7 Å². The van der Waals surface area contributed by atoms with Crippen LogP contribution in [0.4, 0.5) is 10.1 Å². The van der Waals surface area contributed by atoms with E-state index in [0.717, 1.165) is 0 Å². The molecular formula is C14H11ClFN5O. The van der Waals surface area contributed by atoms with Crippen LogP contribution >= 0.6 is 11.6 Å². The standard InChI is InChI=1S/C14H11ClFN5O/c15-8-3-7(1-2-9(8)16)4-19-14(22)13-12-11(20-6-21-13)10(17)5-18-12/h1-3,5-6,18H,4,17H2,(H,19,22). The van der Waals surface area contributed by atoms with E-state index in [0.29, 0.717) is 22.3 Å². The number of anilines is 1. The summed E-state index contributed by atoms with van der Waals surface area (Å²) in [5.41, 5.74) is 8.00. The van der Waals surface area contributed by atoms with Gasteiger partial charge in [-0.3, -0.25) is 4.79 Å². The third-order valence-corrected chi connectivity index (χ3v) is 3.43. The zero-order chi connectivity index (χ0) is 15.7. The smallest absolute Gasteiger partial charge is 0.272 e. The number of nitrogens with one attached hydrogen (secondary N) is 2. The van der Waals surface area contributed by atoms with Gasteiger partial charge in [-0.05, 0) is 17.7 Å². The number of hydrogen-bond acceptors (Lipinski definition) is 4. The van der Waals surface area contributed by atoms with Gasteiger partial charge in [0.15, 0.2) is 5.69 Å². The first-order valence-electron chi connectivity index (χ1n) is 6.36. The van der Waals surface area contributed by atoms with Crippen molar-refractivity contribution in [2.24, 2.45) is 0 Å². The maximum atomic E-state index is 13.1. The van der Waals surface area contributed by atoms with E-state index in [-0.39, 0.29) is 17.3 Å². The van der Waals surface area contributed by atoms with Crippen LogP contribution in [0.5, 0.6) is 0 Å². The van der Waals surface area contributed by atoms with E-state index < -0.39 is 11.7 Å². The molecule has 112 valence electrons. The topological polar surface area (TPSA) is 96.7 Å². The summed E-state index contributed by atoms with van der Waals surface area (Å²) in [7, 11) is 0. The zero-order valence-electron chi connectivity index (χ0n) is 11.2. The van der Waals surface area contributed by atoms with Crippen molar-refractivity contribution < 1.29 is 9.18 Å². The molecule has 6 nitrogen and oxygen atoms in total. The fraction of sp³-hybridized carbons (Fsp3) is 0.0714. The summed E-state index contributed by atoms with van der Waals surface area (Å²) in [6.45, 7) is 0.195. The molecule has 0 aliphatic carbocycles. The molecule has 2 heterocycles. The van der Waals surface area contributed by atoms with E-state index in [1.54, 1.807) is 12.3 Å². The second kappa shape index (κ2) is 5.61. The summed E-state index contributed by atoms with van der Waals surface area (Å²) >= 11 is 5.70. The Bertz CT molecular complexity index is 864. The average molecular weight is 320 g/mol. The van der Waals surface area contributed by atoms with Gasteiger partial charge in [0.25, 0.3) is 5.91 Å². The molecule has 0 spiro atoms. The van der Waals surface area contributed by atoms with Crippen molar-refractivity contribution in [3.8, 4) is 0 Å². The van der Waals surface area contributed by atoms with Crippen LogP contribution in [0.15, 0.2) is 30.7 Å². The van der Waals surface area contributed by atoms with E-state index in [4.69, 9.17) is 17.3 Å². The minimum absolute atomic E-state index is 0.00770. The number of aromatic amines is 1. The Hall–Kier alpha value is -2.67. The molecule has 3 rings (SSSR count). The number of halogens is 2. The third-order valence-electron chi connectivity index (χ3n) is 3.14. The van der Waals surface area contributed by atoms with E-state index in [9.17, 15) is 9.18 Å². The summed E-state index contributed by atoms with van der Waals surface area (Å²) in [5, 5.41) is 2.70. The maximum Gasteiger partial charge on any atom is 0.272 e. The van der Waals surface area contributed by atoms with Crippen LogP contribution in [0, 0.1) is 5.82 Å². The van der Waals surface area contributed by atoms with Gasteiger partial charge in [-0.1, -0.05) is 17.7 Å². The van der Waals surface area contributed by atoms with E-state index in [1.807, 2.05) is 0 Å². The Morgan fingerprint density at radius 2 is 2.23 bits per heavy atom. The van der Waals surface area contributed by atoms with Crippen LogP contribution in [0.3, 0.4) is 0 Å². The molecule has 8 heteroatoms. The van der Waals surface area contributed by atoms with Gasteiger partial charge in [-0.15, -0.1) is 0 Å². The molecule has 0 atom stereocenters. The minimum atomic E-state index is -0.504. The number of fused-ring (bicyclic) bond motifs is 1. The van der Waals surface area contributed by atoms with E-state index in [1.165, 1.54) is 18.5 Å². The van der Waals surface area contributed by atoms with Crippen LogP contribution in [-0.2, 0) is 6.54 Å². The number of nitrogens with zero attached hydrogens (tertiary/aromatic N) is 2. The van der Waals surface area contributed by atoms with E-state index >= 15 is 0 Å². The lowest BCUT2D eigenvalue weighted by molar-refractivity contribution is 0.0947. The van der Waals surface area contributed by atoms with Crippen molar-refractivity contribution in [3.63, 3.8) is 0 Å². The normalized spacial score (nSPS) is 10.8. The Labute approximate surface area is 129 Å². The van der Waals surface area contributed by atoms with Crippen LogP contribution in [0.2, 0.25) is 5.02 Å². The summed E-state index contributed by atoms with van der Waals surface area (Å²) in [4.78, 5) is 23.1. The number of benzene rings is 1. The van der Waals surface area contributed by atoms with Crippen LogP contribution in [0.25, 0.3) is 11.0 Å². The second-order valence-electron chi connectivity index (χ2n) is 4.62. The number of nitrogen functional groups attached to an aromatic ring is 1. The Kier molecular flexibility index (Phi) is 3.64. The third kappa shape index (κ3) is 2.58. The number of rotatable bonds is 3. The molecule has 1 aromatic carbocycles. The van der Waals surface area contributed by atoms with Crippen molar-refractivity contribution in [2.45, 2.75) is 6.54 Å². The summed E-state index contributed by atoms with van der Waals surface area (Å²) in [6.07, 6.45) is 2.83. The second-order valence-corrected chi connectivity index (χ2v) is 5.03. The number of amides is 1. The number of carbonyl (C=O) groups excluding carboxylic acids is 1. The van der Waals surface area contributed by atoms with Crippen molar-refractivity contribution in [1.29, 1.82) is 0 Å². The van der Waals surface area contributed by atoms with Crippen molar-refractivity contribution in [3.05, 3.63) is 52.8 Å². The quantitative estimate of drug-likeness (QED) is 0.690. The summed E-state index contributed by atoms with van der Waals surface area (Å²) in [6, 6.07) is 4.25. The van der Waals surface area contributed by atoms with Crippen molar-refractivity contribution >= 4 is 34.2 Å². The maximum absolute atomic E-state index is 13.1. The van der Waals surface area contributed by atoms with Crippen molar-refractivity contribution in [2.75, 3.05) is 5.73 Å². The highest BCUT2D eigenvalue weighted by Crippen LogP contribution is 2.19. The van der Waals surface area contributed by atoms with Gasteiger partial charge in [0.1, 0.15) is 17.7 Å². The first-order chi connectivity index (χ1) is 10.6. The number of nitrogens with two attached hydrogens (primary N) is 1. The van der Waals surface area contributed by atoms with Gasteiger partial charge in [-0.25, -0.2) is 14.4 Å². The Morgan fingerprint density at radius 1 is 1.41 bits per heavy atom. The predicted molar refractivity (Wildman–Crippen MR) is 80.9 cm³/mol. The fourth-order valence-corrected chi connectivity index (χ4v) is 2.25. The SMILES string of the molecule is Nc1c[nH]c2c(C(=O)NCc3ccc(F)c(Cl)c3)ncnc12. The molecule has 0 aliphatic heterocycles. The first-order valence-corrected chi connectivity index (χ1v) is 6.73. The lowest BCUT2D eigenvalue weighted by Crippen LogP contribution is -2.24. The van der Waals surface area contributed by atoms with Gasteiger partial charge in [0.2, 0.25) is 0 Å². The predicted octanol–water partition coefficient (Wildman–Crippen LogP) is 2.26. The lowest BCUT2D eigenvalue weighted by Gasteiger charge is -2.06. The molecule has 0 fully saturated rings. The molecule has 2 aromatic heterocycles. The Balaban J connectivity index is 1.80. The molecule has 0 unspecified atom stereocenters. The average Bonchev–Trinajstić information content (AvgIpc) is 2.90. The number of aromatic nitrogens is 3. The highest BCUT2D eigenvalue weighted by atomic mass is 35.5. The molecule has 3 aromatic rings. The van der Waals surface area contributed by atoms with Gasteiger partial charge in [0.05, 0.1) is 16.2 Å². The number of H-pyrrole nitrogens is 1. The molecule has 22 heavy (non-hydrogen) atoms. The highest BCUT2D eigenvalue weighted by molar-refractivity contribution is 6.30. The van der Waals surface area contributed by atoms with Crippen LogP contribution < -0.4 is 11.1 Å². The van der Waals surface area contributed by atoms with Gasteiger partial charge >= 0.3 is 0 Å². The number of hydrogen-bond donors (Lipinski definition) is 3. The minimum Gasteiger partial charge on any atom is -0.396 e. The summed E-state index contributed by atoms with van der Waals surface area (Å²) < 4.78 is 13.1. The first kappa shape index (κ1) is 14.3. The fourth-order valence-electron chi connectivity index (χ4n) is 2.05. The highest BCUT2D eigenvalue weighted by Gasteiger charge is 2.15. The van der Waals surface area contributed by atoms with E-state index in [2.05, 4.69) is 20.3 Å². The molecule has 0 radical (unpaired) electrons. The van der Waals surface area contributed by atoms with Crippen LogP contribution in [0.1, 0.15) is 16.1 Å². The zero-order valence-corrected chi connectivity index (χ0v) is 12.0. The molecule has 1 amide bonds. The molecular weight excluding hydrogens is 309 g/mol. The molecule has 4 N–H and O–H groups in total. The van der Waals surface area contributed by atoms with Crippen molar-refractivity contribution in [1.82, 2.24) is 20.3 Å². The summed E-state index contributed by atoms with van der Waals surface area (Å²) in [5.74, 6) is -0.897. The van der Waals surface area contributed by atoms with Gasteiger partial charge < -0.3 is 16.0 Å². The molecule has 0 aliphatic rings. The largest absolute Gasteiger partial charge is 0.396 e. The van der Waals surface area contributed by atoms with Crippen LogP contribution in [-0.4, -0.2) is 20.9 Å². The van der Waals surface area contributed by atoms with Gasteiger partial charge in [-0.2, -0.15) is 0 Å². The Morgan fingerprint density at radius 3 is 3.00 bits per heavy atom. The lowest BCUT2D eigenvalue weighted by atomic mass is 10.2. The molecule has 0 saturated carbocycles. The monoisotopic (exact) mass is 319 g/mol. The number of carbonyl (C=O) groups is 1. The molecule has 0 saturated heterocycles.